The van der Waals surface area contributed by atoms with Crippen molar-refractivity contribution in [1.82, 2.24) is 10.2 Å². The lowest BCUT2D eigenvalue weighted by molar-refractivity contribution is 0.00241. The number of piperazine rings is 1. The highest BCUT2D eigenvalue weighted by molar-refractivity contribution is 6.61. The zero-order valence-electron chi connectivity index (χ0n) is 19.4. The minimum absolute atomic E-state index is 0.233. The zero-order chi connectivity index (χ0) is 27.1. The molecule has 35 heavy (non-hydrogen) atoms. The van der Waals surface area contributed by atoms with E-state index in [2.05, 4.69) is 10.2 Å². The summed E-state index contributed by atoms with van der Waals surface area (Å²) >= 11 is 0. The van der Waals surface area contributed by atoms with Gasteiger partial charge in [-0.25, -0.2) is 0 Å². The summed E-state index contributed by atoms with van der Waals surface area (Å²) in [5.41, 5.74) is 0.846. The summed E-state index contributed by atoms with van der Waals surface area (Å²) in [6.07, 6.45) is 0. The Morgan fingerprint density at radius 1 is 0.657 bits per heavy atom. The van der Waals surface area contributed by atoms with Crippen LogP contribution in [0.5, 0.6) is 5.75 Å². The molecule has 146 valence electrons. The third kappa shape index (κ3) is 8.04. The van der Waals surface area contributed by atoms with Crippen molar-refractivity contribution in [2.45, 2.75) is 32.0 Å². The van der Waals surface area contributed by atoms with Gasteiger partial charge in [0.1, 0.15) is 37.1 Å². The molecule has 0 bridgehead atoms. The van der Waals surface area contributed by atoms with Gasteiger partial charge in [0.25, 0.3) is 0 Å². The summed E-state index contributed by atoms with van der Waals surface area (Å²) in [4.78, 5) is 3.74. The van der Waals surface area contributed by atoms with Crippen LogP contribution in [0, 0.1) is 0 Å². The predicted octanol–water partition coefficient (Wildman–Crippen LogP) is -6.01. The van der Waals surface area contributed by atoms with Gasteiger partial charge in [-0.3, -0.25) is 0 Å². The maximum absolute atomic E-state index is 6.22. The van der Waals surface area contributed by atoms with Crippen LogP contribution in [0.4, 0.5) is 5.69 Å². The summed E-state index contributed by atoms with van der Waals surface area (Å²) in [5.74, 6) is 0.233. The molecule has 1 heterocycles. The Bertz CT molecular complexity index is 849. The van der Waals surface area contributed by atoms with Crippen molar-refractivity contribution in [3.8, 4) is 5.75 Å². The van der Waals surface area contributed by atoms with Gasteiger partial charge in [-0.05, 0) is 29.6 Å². The number of benzene rings is 1. The van der Waals surface area contributed by atoms with Crippen molar-refractivity contribution < 1.29 is 9.47 Å². The largest absolute Gasteiger partial charge is 0.506 e. The summed E-state index contributed by atoms with van der Waals surface area (Å²) in [7, 11) is 80.4. The number of nitrogens with zero attached hydrogens (tertiary/aromatic N) is 2. The fraction of sp³-hybridized carbons (Fsp3) is 0.625. The Hall–Kier alpha value is -0.391. The van der Waals surface area contributed by atoms with Gasteiger partial charge in [-0.1, -0.05) is 15.9 Å². The first-order chi connectivity index (χ1) is 15.6. The molecule has 0 spiro atoms. The molecule has 1 fully saturated rings. The van der Waals surface area contributed by atoms with E-state index in [-0.39, 0.29) is 5.75 Å². The first-order valence-corrected chi connectivity index (χ1v) is 10.4. The highest BCUT2D eigenvalue weighted by Crippen LogP contribution is 2.28. The van der Waals surface area contributed by atoms with Crippen LogP contribution in [-0.4, -0.2) is 173 Å². The Morgan fingerprint density at radius 2 is 1.14 bits per heavy atom. The van der Waals surface area contributed by atoms with E-state index in [0.29, 0.717) is 26.2 Å². The molecule has 28 radical (unpaired) electrons. The van der Waals surface area contributed by atoms with Crippen LogP contribution in [-0.2, 0) is 4.74 Å². The standard InChI is InChI=1S/C16H13B14N3O2/c17-11(18,31-15(25,26)27)12(19,20)33-7-5-32(6-8-33)9-1-3-10(4-2-9)34-13(21,22)14(23,24)35-16(28,29)30/h1-4,31H,5-8H2. The van der Waals surface area contributed by atoms with Crippen LogP contribution in [0.3, 0.4) is 0 Å². The molecule has 0 unspecified atom stereocenters. The second-order valence-electron chi connectivity index (χ2n) is 8.86. The molecule has 0 saturated carbocycles. The molecule has 1 aliphatic heterocycles. The summed E-state index contributed by atoms with van der Waals surface area (Å²) in [6, 6.07) is 6.72. The average Bonchev–Trinajstić information content (AvgIpc) is 2.64. The molecule has 1 aromatic rings. The molecule has 2 rings (SSSR count). The number of rotatable bonds is 10. The average molecular weight is 431 g/mol. The van der Waals surface area contributed by atoms with Crippen molar-refractivity contribution in [3.05, 3.63) is 24.3 Å². The van der Waals surface area contributed by atoms with Gasteiger partial charge in [0.2, 0.25) is 0 Å². The second-order valence-corrected chi connectivity index (χ2v) is 8.86. The Kier molecular flexibility index (Phi) is 9.16. The highest BCUT2D eigenvalue weighted by Gasteiger charge is 2.42. The predicted molar refractivity (Wildman–Crippen MR) is 152 cm³/mol. The maximum Gasteiger partial charge on any atom is 0.118 e. The highest BCUT2D eigenvalue weighted by atomic mass is 16.6. The van der Waals surface area contributed by atoms with Gasteiger partial charge < -0.3 is 24.6 Å². The monoisotopic (exact) mass is 433 g/mol. The molecule has 5 nitrogen and oxygen atoms in total. The Labute approximate surface area is 227 Å². The zero-order valence-corrected chi connectivity index (χ0v) is 19.4. The Morgan fingerprint density at radius 3 is 1.57 bits per heavy atom. The van der Waals surface area contributed by atoms with E-state index in [0.717, 1.165) is 5.69 Å². The van der Waals surface area contributed by atoms with E-state index >= 15 is 0 Å². The smallest absolute Gasteiger partial charge is 0.118 e. The summed E-state index contributed by atoms with van der Waals surface area (Å²) in [6.45, 7) is 1.86. The number of anilines is 1. The lowest BCUT2D eigenvalue weighted by Crippen LogP contribution is -2.77. The molecule has 1 saturated heterocycles. The van der Waals surface area contributed by atoms with Crippen molar-refractivity contribution in [2.24, 2.45) is 0 Å². The molecule has 0 aliphatic carbocycles. The molecule has 0 aromatic heterocycles. The molecule has 0 atom stereocenters. The topological polar surface area (TPSA) is 37.0 Å². The SMILES string of the molecule is [B]C([B])([B])NC([B])([B])C([B])([B])N1CCN(c2ccc(OC([B])([B])C([B])([B])OC([B])([B])[B])cc2)CC1. The van der Waals surface area contributed by atoms with Crippen molar-refractivity contribution in [1.29, 1.82) is 0 Å². The molecule has 0 amide bonds. The summed E-state index contributed by atoms with van der Waals surface area (Å²) < 4.78 is 10.4. The number of ether oxygens (including phenoxy) is 2. The van der Waals surface area contributed by atoms with E-state index in [1.54, 1.807) is 29.2 Å². The molecule has 1 aliphatic rings. The first kappa shape index (κ1) is 30.8. The first-order valence-electron chi connectivity index (χ1n) is 10.4. The lowest BCUT2D eigenvalue weighted by Gasteiger charge is -2.57. The van der Waals surface area contributed by atoms with Gasteiger partial charge in [0.15, 0.2) is 0 Å². The van der Waals surface area contributed by atoms with E-state index in [4.69, 9.17) is 119 Å². The molecular weight excluding hydrogens is 418 g/mol. The fourth-order valence-electron chi connectivity index (χ4n) is 3.43. The normalized spacial score (nSPS) is 17.2. The van der Waals surface area contributed by atoms with E-state index < -0.39 is 32.0 Å². The molecule has 19 heteroatoms. The number of hydrogen-bond acceptors (Lipinski definition) is 5. The molecule has 1 aromatic carbocycles. The second kappa shape index (κ2) is 10.4. The van der Waals surface area contributed by atoms with Gasteiger partial charge in [0, 0.05) is 42.7 Å². The van der Waals surface area contributed by atoms with Gasteiger partial charge in [-0.15, -0.1) is 0 Å². The minimum atomic E-state index is -2.33. The third-order valence-corrected chi connectivity index (χ3v) is 5.33. The van der Waals surface area contributed by atoms with Crippen LogP contribution in [0.2, 0.25) is 0 Å². The van der Waals surface area contributed by atoms with Gasteiger partial charge in [0.05, 0.1) is 78.5 Å². The van der Waals surface area contributed by atoms with E-state index in [1.165, 1.54) is 0 Å². The van der Waals surface area contributed by atoms with Crippen molar-refractivity contribution >= 4 is 116 Å². The molecular formula is C16H13B14N3O2. The summed E-state index contributed by atoms with van der Waals surface area (Å²) in [5, 5.41) is -9.84. The van der Waals surface area contributed by atoms with Crippen LogP contribution >= 0.6 is 0 Å². The van der Waals surface area contributed by atoms with Crippen LogP contribution in [0.15, 0.2) is 24.3 Å². The number of hydrogen-bond donors (Lipinski definition) is 1. The van der Waals surface area contributed by atoms with Crippen LogP contribution in [0.25, 0.3) is 0 Å². The van der Waals surface area contributed by atoms with Crippen LogP contribution < -0.4 is 15.0 Å². The third-order valence-electron chi connectivity index (χ3n) is 5.33. The van der Waals surface area contributed by atoms with Crippen LogP contribution in [0.1, 0.15) is 0 Å². The number of nitrogens with one attached hydrogen (secondary N) is 1. The van der Waals surface area contributed by atoms with Crippen molar-refractivity contribution in [3.63, 3.8) is 0 Å². The van der Waals surface area contributed by atoms with Crippen molar-refractivity contribution in [2.75, 3.05) is 31.1 Å². The quantitative estimate of drug-likeness (QED) is 0.374. The minimum Gasteiger partial charge on any atom is -0.506 e. The lowest BCUT2D eigenvalue weighted by atomic mass is 9.35. The molecule has 1 N–H and O–H groups in total. The fourth-order valence-corrected chi connectivity index (χ4v) is 3.43. The van der Waals surface area contributed by atoms with Gasteiger partial charge >= 0.3 is 0 Å². The Balaban J connectivity index is 2.03. The van der Waals surface area contributed by atoms with Gasteiger partial charge in [-0.2, -0.15) is 0 Å². The van der Waals surface area contributed by atoms with E-state index in [9.17, 15) is 0 Å². The van der Waals surface area contributed by atoms with E-state index in [1.807, 2.05) is 0 Å². The maximum atomic E-state index is 6.22.